The quantitative estimate of drug-likeness (QED) is 0.917. The summed E-state index contributed by atoms with van der Waals surface area (Å²) in [6.07, 6.45) is 0. The molecule has 0 heterocycles. The zero-order valence-corrected chi connectivity index (χ0v) is 12.0. The van der Waals surface area contributed by atoms with Gasteiger partial charge in [-0.3, -0.25) is 4.72 Å². The fourth-order valence-electron chi connectivity index (χ4n) is 1.46. The Bertz CT molecular complexity index is 766. The van der Waals surface area contributed by atoms with Crippen molar-refractivity contribution in [2.24, 2.45) is 0 Å². The minimum Gasteiger partial charge on any atom is -0.277 e. The fraction of sp³-hybridized carbons (Fsp3) is 0. The fourth-order valence-corrected chi connectivity index (χ4v) is 3.29. The lowest BCUT2D eigenvalue weighted by molar-refractivity contribution is 0.583. The number of anilines is 1. The highest BCUT2D eigenvalue weighted by Crippen LogP contribution is 2.27. The molecule has 3 nitrogen and oxygen atoms in total. The van der Waals surface area contributed by atoms with Gasteiger partial charge in [0.2, 0.25) is 0 Å². The molecule has 0 aliphatic carbocycles. The van der Waals surface area contributed by atoms with Crippen LogP contribution in [0, 0.1) is 11.6 Å². The molecule has 0 fully saturated rings. The summed E-state index contributed by atoms with van der Waals surface area (Å²) in [5.74, 6) is -1.85. The van der Waals surface area contributed by atoms with Crippen molar-refractivity contribution in [3.8, 4) is 0 Å². The predicted molar refractivity (Wildman–Crippen MR) is 73.6 cm³/mol. The first-order valence-corrected chi connectivity index (χ1v) is 7.46. The Morgan fingerprint density at radius 3 is 2.35 bits per heavy atom. The predicted octanol–water partition coefficient (Wildman–Crippen LogP) is 4.07. The van der Waals surface area contributed by atoms with E-state index in [0.717, 1.165) is 18.2 Å². The number of nitrogens with one attached hydrogen (secondary N) is 1. The maximum absolute atomic E-state index is 13.5. The van der Waals surface area contributed by atoms with E-state index in [2.05, 4.69) is 0 Å². The maximum atomic E-state index is 13.5. The third-order valence-corrected chi connectivity index (χ3v) is 4.44. The van der Waals surface area contributed by atoms with Gasteiger partial charge in [-0.25, -0.2) is 17.2 Å². The van der Waals surface area contributed by atoms with Crippen LogP contribution >= 0.6 is 23.2 Å². The molecule has 0 aliphatic heterocycles. The first-order valence-electron chi connectivity index (χ1n) is 5.22. The summed E-state index contributed by atoms with van der Waals surface area (Å²) < 4.78 is 52.4. The van der Waals surface area contributed by atoms with E-state index >= 15 is 0 Å². The molecule has 0 saturated heterocycles. The van der Waals surface area contributed by atoms with Gasteiger partial charge in [0.25, 0.3) is 10.0 Å². The number of hydrogen-bond acceptors (Lipinski definition) is 2. The van der Waals surface area contributed by atoms with Gasteiger partial charge in [0.15, 0.2) is 0 Å². The van der Waals surface area contributed by atoms with Gasteiger partial charge >= 0.3 is 0 Å². The molecule has 0 spiro atoms. The highest BCUT2D eigenvalue weighted by Gasteiger charge is 2.20. The van der Waals surface area contributed by atoms with Gasteiger partial charge in [0, 0.05) is 11.1 Å². The monoisotopic (exact) mass is 337 g/mol. The van der Waals surface area contributed by atoms with Gasteiger partial charge in [-0.1, -0.05) is 23.2 Å². The van der Waals surface area contributed by atoms with Crippen molar-refractivity contribution in [2.45, 2.75) is 4.90 Å². The second kappa shape index (κ2) is 5.55. The van der Waals surface area contributed by atoms with Gasteiger partial charge in [0.1, 0.15) is 16.5 Å². The maximum Gasteiger partial charge on any atom is 0.263 e. The van der Waals surface area contributed by atoms with E-state index in [4.69, 9.17) is 23.2 Å². The summed E-state index contributed by atoms with van der Waals surface area (Å²) in [5, 5.41) is 0.0961. The van der Waals surface area contributed by atoms with Crippen molar-refractivity contribution in [3.63, 3.8) is 0 Å². The van der Waals surface area contributed by atoms with Crippen LogP contribution in [0.25, 0.3) is 0 Å². The van der Waals surface area contributed by atoms with Crippen LogP contribution < -0.4 is 4.72 Å². The van der Waals surface area contributed by atoms with E-state index < -0.39 is 21.7 Å². The molecule has 20 heavy (non-hydrogen) atoms. The minimum atomic E-state index is -4.13. The van der Waals surface area contributed by atoms with Crippen LogP contribution in [0.3, 0.4) is 0 Å². The van der Waals surface area contributed by atoms with Crippen LogP contribution in [0.4, 0.5) is 14.5 Å². The zero-order valence-electron chi connectivity index (χ0n) is 9.70. The number of benzene rings is 2. The molecule has 0 bridgehead atoms. The van der Waals surface area contributed by atoms with Gasteiger partial charge in [-0.2, -0.15) is 0 Å². The lowest BCUT2D eigenvalue weighted by Gasteiger charge is -2.10. The Balaban J connectivity index is 2.43. The van der Waals surface area contributed by atoms with Crippen molar-refractivity contribution in [1.29, 1.82) is 0 Å². The van der Waals surface area contributed by atoms with E-state index in [9.17, 15) is 17.2 Å². The molecule has 0 aromatic heterocycles. The topological polar surface area (TPSA) is 46.2 Å². The standard InChI is InChI=1S/C12H7Cl2F2NO2S/c13-7-1-3-9(14)12(5-7)20(18,19)17-11-4-2-8(15)6-10(11)16/h1-6,17H. The molecule has 8 heteroatoms. The summed E-state index contributed by atoms with van der Waals surface area (Å²) in [4.78, 5) is -0.296. The molecule has 0 saturated carbocycles. The van der Waals surface area contributed by atoms with E-state index in [-0.39, 0.29) is 20.6 Å². The SMILES string of the molecule is O=S(=O)(Nc1ccc(F)cc1F)c1cc(Cl)ccc1Cl. The molecule has 0 unspecified atom stereocenters. The van der Waals surface area contributed by atoms with Gasteiger partial charge in [-0.05, 0) is 30.3 Å². The zero-order chi connectivity index (χ0) is 14.9. The Morgan fingerprint density at radius 2 is 1.70 bits per heavy atom. The Hall–Kier alpha value is -1.37. The van der Waals surface area contributed by atoms with Crippen LogP contribution in [0.5, 0.6) is 0 Å². The third-order valence-electron chi connectivity index (χ3n) is 2.36. The van der Waals surface area contributed by atoms with E-state index in [1.165, 1.54) is 12.1 Å². The summed E-state index contributed by atoms with van der Waals surface area (Å²) in [7, 11) is -4.13. The molecule has 2 rings (SSSR count). The number of rotatable bonds is 3. The van der Waals surface area contributed by atoms with Crippen molar-refractivity contribution in [2.75, 3.05) is 4.72 Å². The van der Waals surface area contributed by atoms with Crippen molar-refractivity contribution < 1.29 is 17.2 Å². The lowest BCUT2D eigenvalue weighted by atomic mass is 10.3. The van der Waals surface area contributed by atoms with Crippen molar-refractivity contribution >= 4 is 38.9 Å². The van der Waals surface area contributed by atoms with Gasteiger partial charge in [-0.15, -0.1) is 0 Å². The van der Waals surface area contributed by atoms with Crippen molar-refractivity contribution in [1.82, 2.24) is 0 Å². The normalized spacial score (nSPS) is 11.4. The second-order valence-corrected chi connectivity index (χ2v) is 6.30. The average molecular weight is 338 g/mol. The number of halogens is 4. The number of hydrogen-bond donors (Lipinski definition) is 1. The third kappa shape index (κ3) is 3.20. The van der Waals surface area contributed by atoms with E-state index in [1.807, 2.05) is 4.72 Å². The lowest BCUT2D eigenvalue weighted by Crippen LogP contribution is -2.14. The Kier molecular flexibility index (Phi) is 4.17. The first-order chi connectivity index (χ1) is 9.29. The molecule has 2 aromatic rings. The van der Waals surface area contributed by atoms with Crippen LogP contribution in [0.15, 0.2) is 41.3 Å². The summed E-state index contributed by atoms with van der Waals surface area (Å²) in [6.45, 7) is 0. The molecule has 0 amide bonds. The highest BCUT2D eigenvalue weighted by atomic mass is 35.5. The molecule has 0 aliphatic rings. The summed E-state index contributed by atoms with van der Waals surface area (Å²) in [6, 6.07) is 6.33. The molecule has 2 aromatic carbocycles. The molecule has 0 atom stereocenters. The molecular formula is C12H7Cl2F2NO2S. The summed E-state index contributed by atoms with van der Waals surface area (Å²) >= 11 is 11.5. The summed E-state index contributed by atoms with van der Waals surface area (Å²) in [5.41, 5.74) is -0.387. The second-order valence-electron chi connectivity index (χ2n) is 3.80. The van der Waals surface area contributed by atoms with Crippen LogP contribution in [-0.2, 0) is 10.0 Å². The van der Waals surface area contributed by atoms with Crippen LogP contribution in [0.2, 0.25) is 10.0 Å². The van der Waals surface area contributed by atoms with Gasteiger partial charge < -0.3 is 0 Å². The van der Waals surface area contributed by atoms with Crippen molar-refractivity contribution in [3.05, 3.63) is 58.1 Å². The van der Waals surface area contributed by atoms with Crippen LogP contribution in [-0.4, -0.2) is 8.42 Å². The molecular weight excluding hydrogens is 331 g/mol. The molecule has 106 valence electrons. The molecule has 0 radical (unpaired) electrons. The Labute approximate surface area is 124 Å². The van der Waals surface area contributed by atoms with E-state index in [0.29, 0.717) is 6.07 Å². The largest absolute Gasteiger partial charge is 0.277 e. The highest BCUT2D eigenvalue weighted by molar-refractivity contribution is 7.92. The van der Waals surface area contributed by atoms with E-state index in [1.54, 1.807) is 0 Å². The first kappa shape index (κ1) is 15.0. The average Bonchev–Trinajstić information content (AvgIpc) is 2.35. The smallest absolute Gasteiger partial charge is 0.263 e. The Morgan fingerprint density at radius 1 is 1.00 bits per heavy atom. The molecule has 1 N–H and O–H groups in total. The van der Waals surface area contributed by atoms with Gasteiger partial charge in [0.05, 0.1) is 10.7 Å². The van der Waals surface area contributed by atoms with Crippen LogP contribution in [0.1, 0.15) is 0 Å². The minimum absolute atomic E-state index is 0.0654. The number of sulfonamides is 1.